The van der Waals surface area contributed by atoms with E-state index in [4.69, 9.17) is 4.98 Å². The summed E-state index contributed by atoms with van der Waals surface area (Å²) >= 11 is 1.86. The van der Waals surface area contributed by atoms with Gasteiger partial charge in [-0.05, 0) is 67.7 Å². The van der Waals surface area contributed by atoms with E-state index in [1.807, 2.05) is 11.3 Å². The van der Waals surface area contributed by atoms with Crippen LogP contribution in [-0.4, -0.2) is 9.55 Å². The standard InChI is InChI=1S/C33H28N2S/c1-3-12-27-28-19-11-18-26(32(28)36-31(27)13-4-2)23-14-10-15-24(22-23)33-34-29-20-8-9-21-30(29)35(33)25-16-6-5-7-17-25/h3-7,10-22H,8-9H2,1-2H3/b12-3-,13-4-. The molecule has 0 amide bonds. The first-order valence-corrected chi connectivity index (χ1v) is 13.4. The van der Waals surface area contributed by atoms with Crippen molar-refractivity contribution in [2.24, 2.45) is 0 Å². The quantitative estimate of drug-likeness (QED) is 0.248. The lowest BCUT2D eigenvalue weighted by Crippen LogP contribution is -2.31. The van der Waals surface area contributed by atoms with Gasteiger partial charge in [-0.15, -0.1) is 11.3 Å². The zero-order valence-corrected chi connectivity index (χ0v) is 21.4. The number of hydrogen-bond acceptors (Lipinski definition) is 2. The fourth-order valence-electron chi connectivity index (χ4n) is 5.09. The maximum absolute atomic E-state index is 5.12. The van der Waals surface area contributed by atoms with Crippen molar-refractivity contribution >= 4 is 45.7 Å². The van der Waals surface area contributed by atoms with Gasteiger partial charge in [-0.1, -0.05) is 85.0 Å². The monoisotopic (exact) mass is 484 g/mol. The van der Waals surface area contributed by atoms with Gasteiger partial charge in [0.15, 0.2) is 0 Å². The topological polar surface area (TPSA) is 17.8 Å². The first kappa shape index (κ1) is 22.5. The van der Waals surface area contributed by atoms with E-state index in [0.29, 0.717) is 0 Å². The summed E-state index contributed by atoms with van der Waals surface area (Å²) in [6.07, 6.45) is 15.4. The summed E-state index contributed by atoms with van der Waals surface area (Å²) in [5.74, 6) is 0.991. The van der Waals surface area contributed by atoms with E-state index in [2.05, 4.69) is 128 Å². The maximum Gasteiger partial charge on any atom is 0.145 e. The SMILES string of the molecule is C/C=C\c1sc2c(-c3cccc(-c4nc5c(n4-c4ccccc4)=CCCC=5)c3)cccc2c1/C=C\C. The van der Waals surface area contributed by atoms with Crippen LogP contribution in [0.3, 0.4) is 0 Å². The van der Waals surface area contributed by atoms with Crippen molar-refractivity contribution in [3.05, 3.63) is 106 Å². The Hall–Kier alpha value is -3.95. The van der Waals surface area contributed by atoms with Crippen molar-refractivity contribution in [2.45, 2.75) is 26.7 Å². The van der Waals surface area contributed by atoms with Gasteiger partial charge in [0.25, 0.3) is 0 Å². The molecular weight excluding hydrogens is 456 g/mol. The molecule has 2 aromatic heterocycles. The van der Waals surface area contributed by atoms with Crippen LogP contribution in [0.25, 0.3) is 62.6 Å². The third-order valence-electron chi connectivity index (χ3n) is 6.66. The van der Waals surface area contributed by atoms with E-state index < -0.39 is 0 Å². The van der Waals surface area contributed by atoms with Crippen LogP contribution < -0.4 is 10.7 Å². The van der Waals surface area contributed by atoms with Crippen LogP contribution in [0.5, 0.6) is 0 Å². The molecule has 0 aliphatic heterocycles. The van der Waals surface area contributed by atoms with Crippen LogP contribution in [-0.2, 0) is 0 Å². The summed E-state index contributed by atoms with van der Waals surface area (Å²) in [5, 5.41) is 3.58. The number of aromatic nitrogens is 2. The van der Waals surface area contributed by atoms with E-state index in [1.165, 1.54) is 37.0 Å². The largest absolute Gasteiger partial charge is 0.293 e. The fraction of sp³-hybridized carbons (Fsp3) is 0.121. The zero-order valence-electron chi connectivity index (χ0n) is 20.6. The molecule has 0 fully saturated rings. The molecule has 1 aliphatic carbocycles. The number of allylic oxidation sites excluding steroid dienone is 2. The predicted octanol–water partition coefficient (Wildman–Crippen LogP) is 7.84. The molecule has 3 heteroatoms. The van der Waals surface area contributed by atoms with E-state index in [-0.39, 0.29) is 0 Å². The first-order valence-electron chi connectivity index (χ1n) is 12.5. The van der Waals surface area contributed by atoms with Crippen molar-refractivity contribution in [3.63, 3.8) is 0 Å². The molecule has 0 saturated carbocycles. The highest BCUT2D eigenvalue weighted by atomic mass is 32.1. The van der Waals surface area contributed by atoms with Crippen LogP contribution in [0.4, 0.5) is 0 Å². The van der Waals surface area contributed by atoms with Gasteiger partial charge in [-0.2, -0.15) is 0 Å². The second-order valence-corrected chi connectivity index (χ2v) is 10.1. The lowest BCUT2D eigenvalue weighted by Gasteiger charge is -2.11. The van der Waals surface area contributed by atoms with Crippen molar-refractivity contribution < 1.29 is 0 Å². The summed E-state index contributed by atoms with van der Waals surface area (Å²) in [7, 11) is 0. The number of thiophene rings is 1. The Bertz CT molecular complexity index is 1750. The molecule has 2 heterocycles. The summed E-state index contributed by atoms with van der Waals surface area (Å²) in [5.41, 5.74) is 6.05. The number of rotatable bonds is 5. The molecule has 176 valence electrons. The average molecular weight is 485 g/mol. The van der Waals surface area contributed by atoms with Gasteiger partial charge in [0.05, 0.1) is 10.7 Å². The van der Waals surface area contributed by atoms with Crippen LogP contribution >= 0.6 is 11.3 Å². The second kappa shape index (κ2) is 9.60. The minimum atomic E-state index is 0.991. The van der Waals surface area contributed by atoms with Gasteiger partial charge in [-0.3, -0.25) is 4.57 Å². The Morgan fingerprint density at radius 2 is 1.58 bits per heavy atom. The zero-order chi connectivity index (χ0) is 24.5. The molecule has 6 rings (SSSR count). The first-order chi connectivity index (χ1) is 17.8. The number of fused-ring (bicyclic) bond motifs is 2. The van der Waals surface area contributed by atoms with Crippen LogP contribution in [0.15, 0.2) is 84.9 Å². The van der Waals surface area contributed by atoms with Crippen molar-refractivity contribution in [3.8, 4) is 28.2 Å². The second-order valence-electron chi connectivity index (χ2n) is 9.01. The minimum Gasteiger partial charge on any atom is -0.293 e. The molecular formula is C33H28N2S. The van der Waals surface area contributed by atoms with Gasteiger partial charge >= 0.3 is 0 Å². The van der Waals surface area contributed by atoms with Crippen molar-refractivity contribution in [1.29, 1.82) is 0 Å². The van der Waals surface area contributed by atoms with Crippen LogP contribution in [0.2, 0.25) is 0 Å². The molecule has 3 aromatic carbocycles. The molecule has 5 aromatic rings. The van der Waals surface area contributed by atoms with Gasteiger partial charge in [0.1, 0.15) is 5.82 Å². The van der Waals surface area contributed by atoms with Crippen LogP contribution in [0, 0.1) is 0 Å². The van der Waals surface area contributed by atoms with Gasteiger partial charge < -0.3 is 0 Å². The van der Waals surface area contributed by atoms with E-state index in [9.17, 15) is 0 Å². The number of nitrogens with zero attached hydrogens (tertiary/aromatic N) is 2. The Morgan fingerprint density at radius 1 is 0.806 bits per heavy atom. The van der Waals surface area contributed by atoms with Gasteiger partial charge in [-0.25, -0.2) is 4.98 Å². The van der Waals surface area contributed by atoms with Crippen molar-refractivity contribution in [2.75, 3.05) is 0 Å². The highest BCUT2D eigenvalue weighted by Gasteiger charge is 2.16. The Morgan fingerprint density at radius 3 is 2.42 bits per heavy atom. The molecule has 0 atom stereocenters. The molecule has 2 nitrogen and oxygen atoms in total. The molecule has 0 unspecified atom stereocenters. The van der Waals surface area contributed by atoms with Gasteiger partial charge in [0.2, 0.25) is 0 Å². The normalized spacial score (nSPS) is 13.3. The smallest absolute Gasteiger partial charge is 0.145 e. The summed E-state index contributed by atoms with van der Waals surface area (Å²) in [6.45, 7) is 4.16. The molecule has 0 radical (unpaired) electrons. The average Bonchev–Trinajstić information content (AvgIpc) is 3.48. The molecule has 0 N–H and O–H groups in total. The predicted molar refractivity (Wildman–Crippen MR) is 157 cm³/mol. The lowest BCUT2D eigenvalue weighted by molar-refractivity contribution is 1.00. The maximum atomic E-state index is 5.12. The highest BCUT2D eigenvalue weighted by molar-refractivity contribution is 7.20. The van der Waals surface area contributed by atoms with E-state index >= 15 is 0 Å². The third-order valence-corrected chi connectivity index (χ3v) is 7.88. The summed E-state index contributed by atoms with van der Waals surface area (Å²) < 4.78 is 3.63. The fourth-order valence-corrected chi connectivity index (χ4v) is 6.39. The molecule has 0 spiro atoms. The molecule has 36 heavy (non-hydrogen) atoms. The lowest BCUT2D eigenvalue weighted by atomic mass is 9.99. The Labute approximate surface area is 215 Å². The Kier molecular flexibility index (Phi) is 6.00. The molecule has 1 aliphatic rings. The van der Waals surface area contributed by atoms with E-state index in [1.54, 1.807) is 0 Å². The summed E-state index contributed by atoms with van der Waals surface area (Å²) in [6, 6.07) is 26.1. The molecule has 0 saturated heterocycles. The minimum absolute atomic E-state index is 0.991. The number of para-hydroxylation sites is 1. The number of hydrogen-bond donors (Lipinski definition) is 0. The molecule has 0 bridgehead atoms. The van der Waals surface area contributed by atoms with Crippen molar-refractivity contribution in [1.82, 2.24) is 9.55 Å². The summed E-state index contributed by atoms with van der Waals surface area (Å²) in [4.78, 5) is 6.42. The number of benzene rings is 3. The number of imidazole rings is 1. The van der Waals surface area contributed by atoms with Gasteiger partial charge in [0, 0.05) is 26.2 Å². The third kappa shape index (κ3) is 3.86. The van der Waals surface area contributed by atoms with E-state index in [0.717, 1.165) is 35.3 Å². The van der Waals surface area contributed by atoms with Crippen LogP contribution in [0.1, 0.15) is 37.1 Å². The Balaban J connectivity index is 1.56. The highest BCUT2D eigenvalue weighted by Crippen LogP contribution is 2.40.